The number of aromatic nitrogens is 2. The first-order valence-electron chi connectivity index (χ1n) is 4.36. The van der Waals surface area contributed by atoms with Gasteiger partial charge in [-0.1, -0.05) is 0 Å². The Labute approximate surface area is 90.1 Å². The maximum Gasteiger partial charge on any atom is 0.441 e. The van der Waals surface area contributed by atoms with Gasteiger partial charge in [-0.2, -0.15) is 13.2 Å². The summed E-state index contributed by atoms with van der Waals surface area (Å²) in [6.45, 7) is 0.805. The molecule has 0 fully saturated rings. The van der Waals surface area contributed by atoms with Crippen LogP contribution in [-0.2, 0) is 13.6 Å². The third kappa shape index (κ3) is 5.08. The van der Waals surface area contributed by atoms with Gasteiger partial charge in [-0.15, -0.1) is 0 Å². The Morgan fingerprint density at radius 2 is 2.27 bits per heavy atom. The van der Waals surface area contributed by atoms with E-state index in [1.54, 1.807) is 12.4 Å². The van der Waals surface area contributed by atoms with Crippen molar-refractivity contribution >= 4 is 11.8 Å². The van der Waals surface area contributed by atoms with Gasteiger partial charge in [0.1, 0.15) is 5.82 Å². The monoisotopic (exact) mass is 239 g/mol. The molecule has 3 nitrogen and oxygen atoms in total. The zero-order valence-electron chi connectivity index (χ0n) is 8.21. The number of nitrogens with one attached hydrogen (secondary N) is 1. The molecular weight excluding hydrogens is 227 g/mol. The van der Waals surface area contributed by atoms with Crippen molar-refractivity contribution in [2.45, 2.75) is 12.1 Å². The number of halogens is 3. The zero-order valence-corrected chi connectivity index (χ0v) is 9.03. The van der Waals surface area contributed by atoms with E-state index in [-0.39, 0.29) is 17.5 Å². The number of nitrogens with zero attached hydrogens (tertiary/aromatic N) is 2. The lowest BCUT2D eigenvalue weighted by Gasteiger charge is -2.06. The second-order valence-corrected chi connectivity index (χ2v) is 4.09. The summed E-state index contributed by atoms with van der Waals surface area (Å²) in [5.74, 6) is 0.834. The molecule has 0 radical (unpaired) electrons. The summed E-state index contributed by atoms with van der Waals surface area (Å²) >= 11 is -0.0147. The Kier molecular flexibility index (Phi) is 4.46. The van der Waals surface area contributed by atoms with Crippen LogP contribution in [0.15, 0.2) is 12.4 Å². The lowest BCUT2D eigenvalue weighted by molar-refractivity contribution is -0.0327. The second kappa shape index (κ2) is 5.41. The van der Waals surface area contributed by atoms with Crippen LogP contribution in [-0.4, -0.2) is 27.4 Å². The van der Waals surface area contributed by atoms with Crippen LogP contribution in [0.2, 0.25) is 0 Å². The fourth-order valence-electron chi connectivity index (χ4n) is 1.01. The van der Waals surface area contributed by atoms with Gasteiger partial charge < -0.3 is 9.88 Å². The molecule has 15 heavy (non-hydrogen) atoms. The predicted octanol–water partition coefficient (Wildman–Crippen LogP) is 1.76. The molecule has 1 heterocycles. The van der Waals surface area contributed by atoms with Crippen LogP contribution in [0.4, 0.5) is 13.2 Å². The molecule has 0 spiro atoms. The van der Waals surface area contributed by atoms with E-state index in [0.29, 0.717) is 13.1 Å². The Bertz CT molecular complexity index is 298. The number of rotatable bonds is 5. The van der Waals surface area contributed by atoms with Gasteiger partial charge in [0.2, 0.25) is 0 Å². The Morgan fingerprint density at radius 3 is 2.80 bits per heavy atom. The molecule has 0 saturated heterocycles. The van der Waals surface area contributed by atoms with Gasteiger partial charge in [0.05, 0.1) is 6.54 Å². The third-order valence-corrected chi connectivity index (χ3v) is 2.48. The van der Waals surface area contributed by atoms with Gasteiger partial charge in [-0.05, 0) is 11.8 Å². The minimum absolute atomic E-state index is 0.0147. The van der Waals surface area contributed by atoms with E-state index in [0.717, 1.165) is 5.82 Å². The first kappa shape index (κ1) is 12.4. The number of alkyl halides is 3. The maximum atomic E-state index is 11.7. The summed E-state index contributed by atoms with van der Waals surface area (Å²) < 4.78 is 37.0. The second-order valence-electron chi connectivity index (χ2n) is 2.93. The third-order valence-electron chi connectivity index (χ3n) is 1.75. The summed E-state index contributed by atoms with van der Waals surface area (Å²) in [5, 5.41) is 2.90. The molecule has 0 aromatic carbocycles. The van der Waals surface area contributed by atoms with Crippen LogP contribution in [0.25, 0.3) is 0 Å². The van der Waals surface area contributed by atoms with E-state index in [1.807, 2.05) is 11.6 Å². The van der Waals surface area contributed by atoms with Gasteiger partial charge in [-0.25, -0.2) is 4.98 Å². The Morgan fingerprint density at radius 1 is 1.53 bits per heavy atom. The molecule has 0 aliphatic heterocycles. The first-order valence-corrected chi connectivity index (χ1v) is 5.35. The van der Waals surface area contributed by atoms with Crippen LogP contribution in [0, 0.1) is 0 Å². The quantitative estimate of drug-likeness (QED) is 0.794. The number of imidazole rings is 1. The molecule has 0 aliphatic rings. The van der Waals surface area contributed by atoms with Crippen LogP contribution >= 0.6 is 11.8 Å². The van der Waals surface area contributed by atoms with Crippen molar-refractivity contribution in [1.29, 1.82) is 0 Å². The lowest BCUT2D eigenvalue weighted by Crippen LogP contribution is -2.20. The average molecular weight is 239 g/mol. The van der Waals surface area contributed by atoms with Crippen molar-refractivity contribution in [3.63, 3.8) is 0 Å². The summed E-state index contributed by atoms with van der Waals surface area (Å²) in [4.78, 5) is 4.03. The smallest absolute Gasteiger partial charge is 0.337 e. The summed E-state index contributed by atoms with van der Waals surface area (Å²) in [5.41, 5.74) is -4.13. The molecule has 86 valence electrons. The fourth-order valence-corrected chi connectivity index (χ4v) is 1.48. The van der Waals surface area contributed by atoms with E-state index in [2.05, 4.69) is 10.3 Å². The maximum absolute atomic E-state index is 11.7. The van der Waals surface area contributed by atoms with Crippen molar-refractivity contribution in [3.8, 4) is 0 Å². The predicted molar refractivity (Wildman–Crippen MR) is 53.4 cm³/mol. The average Bonchev–Trinajstić information content (AvgIpc) is 2.49. The molecule has 1 aromatic rings. The SMILES string of the molecule is Cn1ccnc1CNCCSC(F)(F)F. The van der Waals surface area contributed by atoms with E-state index >= 15 is 0 Å². The number of thioether (sulfide) groups is 1. The van der Waals surface area contributed by atoms with Gasteiger partial charge in [0, 0.05) is 31.7 Å². The van der Waals surface area contributed by atoms with Crippen molar-refractivity contribution in [3.05, 3.63) is 18.2 Å². The van der Waals surface area contributed by atoms with Crippen molar-refractivity contribution in [2.75, 3.05) is 12.3 Å². The summed E-state index contributed by atoms with van der Waals surface area (Å²) in [6, 6.07) is 0. The molecule has 0 atom stereocenters. The van der Waals surface area contributed by atoms with Gasteiger partial charge >= 0.3 is 5.51 Å². The number of hydrogen-bond donors (Lipinski definition) is 1. The lowest BCUT2D eigenvalue weighted by atomic mass is 10.5. The normalized spacial score (nSPS) is 12.0. The highest BCUT2D eigenvalue weighted by atomic mass is 32.2. The van der Waals surface area contributed by atoms with Crippen LogP contribution < -0.4 is 5.32 Å². The minimum Gasteiger partial charge on any atom is -0.337 e. The van der Waals surface area contributed by atoms with Crippen LogP contribution in [0.1, 0.15) is 5.82 Å². The van der Waals surface area contributed by atoms with Crippen molar-refractivity contribution in [2.24, 2.45) is 7.05 Å². The topological polar surface area (TPSA) is 29.9 Å². The van der Waals surface area contributed by atoms with Gasteiger partial charge in [0.25, 0.3) is 0 Å². The van der Waals surface area contributed by atoms with Gasteiger partial charge in [-0.3, -0.25) is 0 Å². The highest BCUT2D eigenvalue weighted by molar-refractivity contribution is 8.00. The molecule has 0 aliphatic carbocycles. The molecule has 0 saturated carbocycles. The fraction of sp³-hybridized carbons (Fsp3) is 0.625. The number of aryl methyl sites for hydroxylation is 1. The summed E-state index contributed by atoms with van der Waals surface area (Å²) in [7, 11) is 1.84. The van der Waals surface area contributed by atoms with Crippen LogP contribution in [0.5, 0.6) is 0 Å². The van der Waals surface area contributed by atoms with Crippen molar-refractivity contribution < 1.29 is 13.2 Å². The molecule has 1 N–H and O–H groups in total. The first-order chi connectivity index (χ1) is 6.99. The molecule has 0 unspecified atom stereocenters. The molecule has 1 aromatic heterocycles. The molecule has 7 heteroatoms. The highest BCUT2D eigenvalue weighted by Crippen LogP contribution is 2.29. The van der Waals surface area contributed by atoms with Crippen molar-refractivity contribution in [1.82, 2.24) is 14.9 Å². The number of hydrogen-bond acceptors (Lipinski definition) is 3. The molecule has 0 amide bonds. The van der Waals surface area contributed by atoms with E-state index in [4.69, 9.17) is 0 Å². The van der Waals surface area contributed by atoms with Gasteiger partial charge in [0.15, 0.2) is 0 Å². The molecular formula is C8H12F3N3S. The standard InChI is InChI=1S/C8H12F3N3S/c1-14-4-2-13-7(14)6-12-3-5-15-8(9,10)11/h2,4,12H,3,5-6H2,1H3. The largest absolute Gasteiger partial charge is 0.441 e. The van der Waals surface area contributed by atoms with E-state index in [1.165, 1.54) is 0 Å². The Balaban J connectivity index is 2.10. The molecule has 1 rings (SSSR count). The molecule has 0 bridgehead atoms. The van der Waals surface area contributed by atoms with Crippen LogP contribution in [0.3, 0.4) is 0 Å². The summed E-state index contributed by atoms with van der Waals surface area (Å²) in [6.07, 6.45) is 3.45. The minimum atomic E-state index is -4.13. The Hall–Kier alpha value is -0.690. The zero-order chi connectivity index (χ0) is 11.3. The van der Waals surface area contributed by atoms with E-state index < -0.39 is 5.51 Å². The van der Waals surface area contributed by atoms with E-state index in [9.17, 15) is 13.2 Å². The highest BCUT2D eigenvalue weighted by Gasteiger charge is 2.27.